The third kappa shape index (κ3) is 3.97. The maximum absolute atomic E-state index is 12.6. The first kappa shape index (κ1) is 17.8. The van der Waals surface area contributed by atoms with Gasteiger partial charge in [-0.05, 0) is 42.3 Å². The number of fused-ring (bicyclic) bond motifs is 1. The number of nitrogens with zero attached hydrogens (tertiary/aromatic N) is 2. The van der Waals surface area contributed by atoms with E-state index in [1.807, 2.05) is 18.2 Å². The fourth-order valence-electron chi connectivity index (χ4n) is 3.58. The monoisotopic (exact) mass is 357 g/mol. The molecule has 0 radical (unpaired) electrons. The largest absolute Gasteiger partial charge is 0.384 e. The van der Waals surface area contributed by atoms with Crippen LogP contribution in [-0.2, 0) is 6.42 Å². The van der Waals surface area contributed by atoms with Crippen LogP contribution in [0.2, 0.25) is 0 Å². The number of piperazine rings is 1. The molecule has 132 valence electrons. The molecule has 2 heterocycles. The second kappa shape index (κ2) is 7.89. The molecule has 0 atom stereocenters. The zero-order valence-electron chi connectivity index (χ0n) is 14.3. The number of rotatable bonds is 4. The van der Waals surface area contributed by atoms with Gasteiger partial charge in [-0.2, -0.15) is 0 Å². The summed E-state index contributed by atoms with van der Waals surface area (Å²) in [4.78, 5) is 17.3. The molecule has 1 saturated heterocycles. The van der Waals surface area contributed by atoms with Crippen molar-refractivity contribution in [1.29, 1.82) is 0 Å². The van der Waals surface area contributed by atoms with Crippen molar-refractivity contribution in [2.45, 2.75) is 6.42 Å². The van der Waals surface area contributed by atoms with E-state index < -0.39 is 0 Å². The topological polar surface area (TPSA) is 35.6 Å². The molecule has 0 unspecified atom stereocenters. The summed E-state index contributed by atoms with van der Waals surface area (Å²) in [6, 6.07) is 16.6. The lowest BCUT2D eigenvalue weighted by Crippen LogP contribution is -2.48. The molecule has 0 aromatic heterocycles. The van der Waals surface area contributed by atoms with Crippen LogP contribution in [0.3, 0.4) is 0 Å². The molecule has 2 aliphatic heterocycles. The van der Waals surface area contributed by atoms with E-state index in [9.17, 15) is 4.79 Å². The molecule has 25 heavy (non-hydrogen) atoms. The Balaban J connectivity index is 0.00000182. The third-order valence-electron chi connectivity index (χ3n) is 5.00. The summed E-state index contributed by atoms with van der Waals surface area (Å²) in [7, 11) is 0. The Bertz CT molecular complexity index is 727. The predicted octanol–water partition coefficient (Wildman–Crippen LogP) is 3.08. The summed E-state index contributed by atoms with van der Waals surface area (Å²) in [5, 5.41) is 3.34. The number of Topliss-reactive ketones (excluding diaryl/α,β-unsaturated/α-hetero) is 1. The van der Waals surface area contributed by atoms with Crippen LogP contribution in [0, 0.1) is 0 Å². The summed E-state index contributed by atoms with van der Waals surface area (Å²) in [5.41, 5.74) is 4.58. The number of para-hydroxylation sites is 1. The number of hydrogen-bond donors (Lipinski definition) is 1. The molecule has 0 saturated carbocycles. The number of halogens is 1. The third-order valence-corrected chi connectivity index (χ3v) is 5.00. The van der Waals surface area contributed by atoms with Gasteiger partial charge in [-0.1, -0.05) is 18.2 Å². The van der Waals surface area contributed by atoms with E-state index >= 15 is 0 Å². The highest BCUT2D eigenvalue weighted by Crippen LogP contribution is 2.23. The van der Waals surface area contributed by atoms with E-state index in [0.29, 0.717) is 6.54 Å². The minimum absolute atomic E-state index is 0. The van der Waals surface area contributed by atoms with Gasteiger partial charge >= 0.3 is 0 Å². The smallest absolute Gasteiger partial charge is 0.176 e. The van der Waals surface area contributed by atoms with Crippen LogP contribution in [0.1, 0.15) is 15.9 Å². The molecule has 0 aliphatic carbocycles. The molecular weight excluding hydrogens is 334 g/mol. The maximum atomic E-state index is 12.6. The zero-order chi connectivity index (χ0) is 16.4. The lowest BCUT2D eigenvalue weighted by Gasteiger charge is -2.35. The Labute approximate surface area is 155 Å². The molecule has 0 amide bonds. The van der Waals surface area contributed by atoms with Crippen molar-refractivity contribution in [2.24, 2.45) is 0 Å². The van der Waals surface area contributed by atoms with Crippen LogP contribution in [0.15, 0.2) is 48.5 Å². The van der Waals surface area contributed by atoms with E-state index in [-0.39, 0.29) is 18.2 Å². The highest BCUT2D eigenvalue weighted by molar-refractivity contribution is 5.98. The number of benzene rings is 2. The van der Waals surface area contributed by atoms with Crippen LogP contribution >= 0.6 is 12.4 Å². The average Bonchev–Trinajstić information content (AvgIpc) is 3.11. The molecule has 1 N–H and O–H groups in total. The van der Waals surface area contributed by atoms with Gasteiger partial charge in [0.2, 0.25) is 0 Å². The van der Waals surface area contributed by atoms with Crippen LogP contribution in [0.25, 0.3) is 0 Å². The van der Waals surface area contributed by atoms with Crippen LogP contribution in [0.5, 0.6) is 0 Å². The minimum Gasteiger partial charge on any atom is -0.384 e. The summed E-state index contributed by atoms with van der Waals surface area (Å²) in [6.45, 7) is 5.33. The van der Waals surface area contributed by atoms with Gasteiger partial charge in [0.1, 0.15) is 0 Å². The molecule has 1 fully saturated rings. The minimum atomic E-state index is 0. The van der Waals surface area contributed by atoms with Crippen LogP contribution in [0.4, 0.5) is 11.4 Å². The van der Waals surface area contributed by atoms with Gasteiger partial charge in [0.15, 0.2) is 5.78 Å². The van der Waals surface area contributed by atoms with E-state index in [1.54, 1.807) is 0 Å². The van der Waals surface area contributed by atoms with E-state index in [1.165, 1.54) is 16.9 Å². The fraction of sp³-hybridized carbons (Fsp3) is 0.350. The Morgan fingerprint density at radius 1 is 1.00 bits per heavy atom. The van der Waals surface area contributed by atoms with Crippen molar-refractivity contribution in [2.75, 3.05) is 49.5 Å². The van der Waals surface area contributed by atoms with Crippen molar-refractivity contribution < 1.29 is 4.79 Å². The maximum Gasteiger partial charge on any atom is 0.176 e. The molecular formula is C20H24ClN3O. The molecule has 4 rings (SSSR count). The van der Waals surface area contributed by atoms with Gasteiger partial charge in [0, 0.05) is 49.7 Å². The van der Waals surface area contributed by atoms with Crippen molar-refractivity contribution in [3.05, 3.63) is 59.7 Å². The first-order valence-corrected chi connectivity index (χ1v) is 8.72. The highest BCUT2D eigenvalue weighted by atomic mass is 35.5. The summed E-state index contributed by atoms with van der Waals surface area (Å²) in [6.07, 6.45) is 1.02. The van der Waals surface area contributed by atoms with Gasteiger partial charge < -0.3 is 10.2 Å². The quantitative estimate of drug-likeness (QED) is 0.853. The van der Waals surface area contributed by atoms with Gasteiger partial charge in [0.25, 0.3) is 0 Å². The lowest BCUT2D eigenvalue weighted by molar-refractivity contribution is 0.0926. The molecule has 0 bridgehead atoms. The van der Waals surface area contributed by atoms with Crippen molar-refractivity contribution in [1.82, 2.24) is 4.90 Å². The zero-order valence-corrected chi connectivity index (χ0v) is 15.1. The number of carbonyl (C=O) groups excluding carboxylic acids is 1. The number of anilines is 2. The van der Waals surface area contributed by atoms with Crippen LogP contribution < -0.4 is 10.2 Å². The first-order chi connectivity index (χ1) is 11.8. The van der Waals surface area contributed by atoms with Gasteiger partial charge in [-0.3, -0.25) is 9.69 Å². The summed E-state index contributed by atoms with van der Waals surface area (Å²) < 4.78 is 0. The van der Waals surface area contributed by atoms with E-state index in [2.05, 4.69) is 45.4 Å². The summed E-state index contributed by atoms with van der Waals surface area (Å²) in [5.74, 6) is 0.234. The average molecular weight is 358 g/mol. The number of ketones is 1. The fourth-order valence-corrected chi connectivity index (χ4v) is 3.58. The lowest BCUT2D eigenvalue weighted by atomic mass is 10.0. The highest BCUT2D eigenvalue weighted by Gasteiger charge is 2.20. The van der Waals surface area contributed by atoms with Crippen LogP contribution in [-0.4, -0.2) is 50.0 Å². The molecule has 2 aliphatic rings. The molecule has 2 aromatic carbocycles. The van der Waals surface area contributed by atoms with E-state index in [0.717, 1.165) is 44.7 Å². The molecule has 5 heteroatoms. The Hall–Kier alpha value is -2.04. The van der Waals surface area contributed by atoms with E-state index in [4.69, 9.17) is 0 Å². The second-order valence-electron chi connectivity index (χ2n) is 6.57. The molecule has 2 aromatic rings. The number of carbonyl (C=O) groups is 1. The van der Waals surface area contributed by atoms with Gasteiger partial charge in [0.05, 0.1) is 6.54 Å². The standard InChI is InChI=1S/C20H23N3O.ClH/c24-20(17-6-7-19-16(14-17)8-9-21-19)15-22-10-12-23(13-11-22)18-4-2-1-3-5-18;/h1-7,14,21H,8-13,15H2;1H. The summed E-state index contributed by atoms with van der Waals surface area (Å²) >= 11 is 0. The van der Waals surface area contributed by atoms with Crippen molar-refractivity contribution in [3.63, 3.8) is 0 Å². The number of hydrogen-bond acceptors (Lipinski definition) is 4. The molecule has 0 spiro atoms. The molecule has 4 nitrogen and oxygen atoms in total. The Morgan fingerprint density at radius 3 is 2.52 bits per heavy atom. The van der Waals surface area contributed by atoms with Crippen molar-refractivity contribution >= 4 is 29.6 Å². The predicted molar refractivity (Wildman–Crippen MR) is 105 cm³/mol. The SMILES string of the molecule is Cl.O=C(CN1CCN(c2ccccc2)CC1)c1ccc2c(c1)CCN2. The van der Waals surface area contributed by atoms with Gasteiger partial charge in [-0.25, -0.2) is 0 Å². The normalized spacial score (nSPS) is 16.7. The Morgan fingerprint density at radius 2 is 1.76 bits per heavy atom. The first-order valence-electron chi connectivity index (χ1n) is 8.72. The van der Waals surface area contributed by atoms with Gasteiger partial charge in [-0.15, -0.1) is 12.4 Å². The van der Waals surface area contributed by atoms with Crippen molar-refractivity contribution in [3.8, 4) is 0 Å². The number of nitrogens with one attached hydrogen (secondary N) is 1. The Kier molecular flexibility index (Phi) is 5.61. The second-order valence-corrected chi connectivity index (χ2v) is 6.57.